The number of amides is 2. The van der Waals surface area contributed by atoms with Crippen molar-refractivity contribution in [2.75, 3.05) is 18.9 Å². The van der Waals surface area contributed by atoms with Crippen LogP contribution in [0, 0.1) is 5.82 Å². The van der Waals surface area contributed by atoms with Crippen molar-refractivity contribution in [3.8, 4) is 0 Å². The number of sulfonamides is 1. The fourth-order valence-electron chi connectivity index (χ4n) is 2.67. The Hall–Kier alpha value is -3.08. The van der Waals surface area contributed by atoms with Crippen LogP contribution in [0.1, 0.15) is 15.9 Å². The standard InChI is InChI=1S/C21H20FN3O4S2/c1-25(31(28,29)20-6-3-11-30-20)14-19(26)23-13-15-4-2-5-18(12-15)24-21(27)16-7-9-17(22)10-8-16/h2-12H,13-14H2,1H3,(H,23,26)(H,24,27). The molecule has 0 unspecified atom stereocenters. The Kier molecular flexibility index (Phi) is 7.16. The molecule has 3 aromatic rings. The van der Waals surface area contributed by atoms with Gasteiger partial charge < -0.3 is 10.6 Å². The van der Waals surface area contributed by atoms with Gasteiger partial charge in [0.2, 0.25) is 5.91 Å². The van der Waals surface area contributed by atoms with Crippen LogP contribution in [0.4, 0.5) is 10.1 Å². The second-order valence-corrected chi connectivity index (χ2v) is 9.85. The molecule has 0 spiro atoms. The third kappa shape index (κ3) is 5.97. The molecule has 2 amide bonds. The van der Waals surface area contributed by atoms with Gasteiger partial charge in [-0.1, -0.05) is 18.2 Å². The average Bonchev–Trinajstić information content (AvgIpc) is 3.29. The molecular weight excluding hydrogens is 441 g/mol. The predicted octanol–water partition coefficient (Wildman–Crippen LogP) is 3.08. The van der Waals surface area contributed by atoms with E-state index in [2.05, 4.69) is 10.6 Å². The van der Waals surface area contributed by atoms with E-state index in [1.54, 1.807) is 35.7 Å². The van der Waals surface area contributed by atoms with E-state index >= 15 is 0 Å². The summed E-state index contributed by atoms with van der Waals surface area (Å²) in [5.74, 6) is -1.27. The molecule has 0 bridgehead atoms. The van der Waals surface area contributed by atoms with Crippen LogP contribution in [0.2, 0.25) is 0 Å². The number of hydrogen-bond donors (Lipinski definition) is 2. The molecule has 1 aromatic heterocycles. The van der Waals surface area contributed by atoms with Gasteiger partial charge in [0.05, 0.1) is 6.54 Å². The van der Waals surface area contributed by atoms with Crippen LogP contribution in [0.3, 0.4) is 0 Å². The zero-order valence-corrected chi connectivity index (χ0v) is 18.2. The molecular formula is C21H20FN3O4S2. The summed E-state index contributed by atoms with van der Waals surface area (Å²) in [4.78, 5) is 24.5. The number of benzene rings is 2. The van der Waals surface area contributed by atoms with Gasteiger partial charge in [-0.15, -0.1) is 11.3 Å². The van der Waals surface area contributed by atoms with Gasteiger partial charge >= 0.3 is 0 Å². The molecule has 3 rings (SSSR count). The predicted molar refractivity (Wildman–Crippen MR) is 117 cm³/mol. The molecule has 0 aliphatic carbocycles. The lowest BCUT2D eigenvalue weighted by Gasteiger charge is -2.16. The lowest BCUT2D eigenvalue weighted by Crippen LogP contribution is -2.37. The Labute approximate surface area is 183 Å². The quantitative estimate of drug-likeness (QED) is 0.539. The monoisotopic (exact) mass is 461 g/mol. The first-order chi connectivity index (χ1) is 14.8. The molecule has 7 nitrogen and oxygen atoms in total. The SMILES string of the molecule is CN(CC(=O)NCc1cccc(NC(=O)c2ccc(F)cc2)c1)S(=O)(=O)c1cccs1. The third-order valence-corrected chi connectivity index (χ3v) is 7.48. The van der Waals surface area contributed by atoms with Gasteiger partial charge in [0, 0.05) is 24.8 Å². The van der Waals surface area contributed by atoms with Crippen molar-refractivity contribution in [1.82, 2.24) is 9.62 Å². The first-order valence-corrected chi connectivity index (χ1v) is 11.5. The number of nitrogens with zero attached hydrogens (tertiary/aromatic N) is 1. The van der Waals surface area contributed by atoms with E-state index in [-0.39, 0.29) is 23.2 Å². The molecule has 0 saturated heterocycles. The summed E-state index contributed by atoms with van der Waals surface area (Å²) >= 11 is 1.09. The molecule has 2 N–H and O–H groups in total. The van der Waals surface area contributed by atoms with Crippen LogP contribution < -0.4 is 10.6 Å². The normalized spacial score (nSPS) is 11.3. The fourth-order valence-corrected chi connectivity index (χ4v) is 5.00. The highest BCUT2D eigenvalue weighted by atomic mass is 32.2. The number of nitrogens with one attached hydrogen (secondary N) is 2. The summed E-state index contributed by atoms with van der Waals surface area (Å²) in [6, 6.07) is 15.2. The van der Waals surface area contributed by atoms with Crippen LogP contribution in [0.15, 0.2) is 70.3 Å². The zero-order chi connectivity index (χ0) is 22.4. The largest absolute Gasteiger partial charge is 0.351 e. The number of halogens is 1. The van der Waals surface area contributed by atoms with Crippen molar-refractivity contribution >= 4 is 38.9 Å². The maximum atomic E-state index is 13.0. The van der Waals surface area contributed by atoms with E-state index in [0.29, 0.717) is 16.8 Å². The second-order valence-electron chi connectivity index (χ2n) is 6.63. The van der Waals surface area contributed by atoms with Gasteiger partial charge in [-0.3, -0.25) is 9.59 Å². The fraction of sp³-hybridized carbons (Fsp3) is 0.143. The van der Waals surface area contributed by atoms with Crippen molar-refractivity contribution in [2.24, 2.45) is 0 Å². The van der Waals surface area contributed by atoms with Crippen molar-refractivity contribution in [3.05, 3.63) is 83.0 Å². The molecule has 0 aliphatic rings. The van der Waals surface area contributed by atoms with Crippen LogP contribution in [-0.4, -0.2) is 38.1 Å². The van der Waals surface area contributed by atoms with E-state index in [9.17, 15) is 22.4 Å². The second kappa shape index (κ2) is 9.82. The van der Waals surface area contributed by atoms with Gasteiger partial charge in [-0.25, -0.2) is 12.8 Å². The zero-order valence-electron chi connectivity index (χ0n) is 16.5. The molecule has 0 atom stereocenters. The van der Waals surface area contributed by atoms with Gasteiger partial charge in [-0.05, 0) is 53.4 Å². The van der Waals surface area contributed by atoms with Gasteiger partial charge in [0.15, 0.2) is 0 Å². The highest BCUT2D eigenvalue weighted by molar-refractivity contribution is 7.91. The lowest BCUT2D eigenvalue weighted by atomic mass is 10.1. The number of anilines is 1. The Morgan fingerprint density at radius 1 is 1.06 bits per heavy atom. The van der Waals surface area contributed by atoms with Crippen molar-refractivity contribution in [1.29, 1.82) is 0 Å². The van der Waals surface area contributed by atoms with Crippen molar-refractivity contribution in [3.63, 3.8) is 0 Å². The average molecular weight is 462 g/mol. The molecule has 31 heavy (non-hydrogen) atoms. The van der Waals surface area contributed by atoms with Crippen LogP contribution >= 0.6 is 11.3 Å². The van der Waals surface area contributed by atoms with E-state index in [0.717, 1.165) is 15.6 Å². The minimum atomic E-state index is -3.70. The van der Waals surface area contributed by atoms with Gasteiger partial charge in [0.25, 0.3) is 15.9 Å². The highest BCUT2D eigenvalue weighted by Gasteiger charge is 2.23. The maximum absolute atomic E-state index is 13.0. The Morgan fingerprint density at radius 3 is 2.48 bits per heavy atom. The number of carbonyl (C=O) groups is 2. The van der Waals surface area contributed by atoms with Crippen LogP contribution in [0.25, 0.3) is 0 Å². The number of likely N-dealkylation sites (N-methyl/N-ethyl adjacent to an activating group) is 1. The maximum Gasteiger partial charge on any atom is 0.255 e. The van der Waals surface area contributed by atoms with E-state index < -0.39 is 21.7 Å². The van der Waals surface area contributed by atoms with E-state index in [1.165, 1.54) is 37.4 Å². The van der Waals surface area contributed by atoms with E-state index in [1.807, 2.05) is 0 Å². The topological polar surface area (TPSA) is 95.6 Å². The molecule has 10 heteroatoms. The van der Waals surface area contributed by atoms with Crippen LogP contribution in [0.5, 0.6) is 0 Å². The van der Waals surface area contributed by atoms with Gasteiger partial charge in [-0.2, -0.15) is 4.31 Å². The Bertz CT molecular complexity index is 1160. The summed E-state index contributed by atoms with van der Waals surface area (Å²) in [6.45, 7) is -0.160. The van der Waals surface area contributed by atoms with Crippen LogP contribution in [-0.2, 0) is 21.4 Å². The summed E-state index contributed by atoms with van der Waals surface area (Å²) in [6.07, 6.45) is 0. The minimum absolute atomic E-state index is 0.159. The molecule has 2 aromatic carbocycles. The van der Waals surface area contributed by atoms with Crippen molar-refractivity contribution < 1.29 is 22.4 Å². The molecule has 162 valence electrons. The highest BCUT2D eigenvalue weighted by Crippen LogP contribution is 2.19. The third-order valence-electron chi connectivity index (χ3n) is 4.31. The number of carbonyl (C=O) groups excluding carboxylic acids is 2. The molecule has 0 fully saturated rings. The Morgan fingerprint density at radius 2 is 1.81 bits per heavy atom. The first-order valence-electron chi connectivity index (χ1n) is 9.18. The number of thiophene rings is 1. The molecule has 0 aliphatic heterocycles. The molecule has 0 radical (unpaired) electrons. The lowest BCUT2D eigenvalue weighted by molar-refractivity contribution is -0.121. The van der Waals surface area contributed by atoms with Crippen molar-refractivity contribution in [2.45, 2.75) is 10.8 Å². The van der Waals surface area contributed by atoms with E-state index in [4.69, 9.17) is 0 Å². The Balaban J connectivity index is 1.55. The summed E-state index contributed by atoms with van der Waals surface area (Å²) in [7, 11) is -2.36. The summed E-state index contributed by atoms with van der Waals surface area (Å²) < 4.78 is 38.9. The summed E-state index contributed by atoms with van der Waals surface area (Å²) in [5, 5.41) is 7.04. The number of rotatable bonds is 8. The minimum Gasteiger partial charge on any atom is -0.351 e. The smallest absolute Gasteiger partial charge is 0.255 e. The molecule has 1 heterocycles. The first kappa shape index (κ1) is 22.6. The summed E-state index contributed by atoms with van der Waals surface area (Å²) in [5.41, 5.74) is 1.54. The number of hydrogen-bond acceptors (Lipinski definition) is 5. The molecule has 0 saturated carbocycles. The van der Waals surface area contributed by atoms with Gasteiger partial charge in [0.1, 0.15) is 10.0 Å².